The maximum atomic E-state index is 10.9. The van der Waals surface area contributed by atoms with Crippen LogP contribution in [-0.2, 0) is 4.84 Å². The molecular formula is C7H8N2O2. The Labute approximate surface area is 64.3 Å². The van der Waals surface area contributed by atoms with Gasteiger partial charge in [0.25, 0.3) is 0 Å². The van der Waals surface area contributed by atoms with Gasteiger partial charge < -0.3 is 10.0 Å². The fourth-order valence-corrected chi connectivity index (χ4v) is 0.677. The summed E-state index contributed by atoms with van der Waals surface area (Å²) in [4.78, 5) is 4.71. The summed E-state index contributed by atoms with van der Waals surface area (Å²) in [5, 5.41) is 14.0. The van der Waals surface area contributed by atoms with Crippen molar-refractivity contribution in [2.24, 2.45) is 5.28 Å². The topological polar surface area (TPSA) is 47.7 Å². The maximum absolute atomic E-state index is 10.9. The molecule has 0 heterocycles. The minimum absolute atomic E-state index is 0.417. The van der Waals surface area contributed by atoms with Crippen LogP contribution in [0.4, 0.5) is 5.69 Å². The molecule has 0 unspecified atom stereocenters. The van der Waals surface area contributed by atoms with Gasteiger partial charge in [-0.3, -0.25) is 0 Å². The standard InChI is InChI=1S/C7H8N2O2/c1-11-8-9(10)7-5-3-2-4-6-7/h2-6H,1H3. The van der Waals surface area contributed by atoms with E-state index in [1.165, 1.54) is 7.11 Å². The molecule has 11 heavy (non-hydrogen) atoms. The molecule has 0 fully saturated rings. The maximum Gasteiger partial charge on any atom is 0.248 e. The van der Waals surface area contributed by atoms with Crippen LogP contribution in [0.3, 0.4) is 0 Å². The summed E-state index contributed by atoms with van der Waals surface area (Å²) in [7, 11) is 1.33. The molecule has 0 bridgehead atoms. The second-order valence-electron chi connectivity index (χ2n) is 1.87. The van der Waals surface area contributed by atoms with Gasteiger partial charge in [-0.2, -0.15) is 0 Å². The van der Waals surface area contributed by atoms with E-state index < -0.39 is 0 Å². The minimum Gasteiger partial charge on any atom is -0.592 e. The van der Waals surface area contributed by atoms with Crippen molar-refractivity contribution in [1.29, 1.82) is 0 Å². The predicted octanol–water partition coefficient (Wildman–Crippen LogP) is 1.84. The molecule has 1 rings (SSSR count). The van der Waals surface area contributed by atoms with Crippen LogP contribution in [0.15, 0.2) is 35.6 Å². The summed E-state index contributed by atoms with van der Waals surface area (Å²) >= 11 is 0. The Bertz CT molecular complexity index is 246. The van der Waals surface area contributed by atoms with Gasteiger partial charge in [0.1, 0.15) is 7.11 Å². The Morgan fingerprint density at radius 3 is 2.55 bits per heavy atom. The molecule has 0 aliphatic heterocycles. The van der Waals surface area contributed by atoms with Crippen molar-refractivity contribution in [2.75, 3.05) is 7.11 Å². The van der Waals surface area contributed by atoms with Crippen LogP contribution in [0.1, 0.15) is 0 Å². The molecule has 4 heteroatoms. The van der Waals surface area contributed by atoms with E-state index in [-0.39, 0.29) is 0 Å². The van der Waals surface area contributed by atoms with Crippen LogP contribution in [-0.4, -0.2) is 12.0 Å². The van der Waals surface area contributed by atoms with Crippen LogP contribution in [0.5, 0.6) is 0 Å². The SMILES string of the molecule is CON=[N+]([O-])c1ccccc1. The summed E-state index contributed by atoms with van der Waals surface area (Å²) in [6.45, 7) is 0. The van der Waals surface area contributed by atoms with Gasteiger partial charge in [-0.15, -0.1) is 0 Å². The normalized spacial score (nSPS) is 11.2. The molecule has 1 aromatic rings. The molecule has 4 nitrogen and oxygen atoms in total. The molecule has 0 aliphatic rings. The quantitative estimate of drug-likeness (QED) is 0.369. The summed E-state index contributed by atoms with van der Waals surface area (Å²) in [6.07, 6.45) is 0. The van der Waals surface area contributed by atoms with Gasteiger partial charge in [-0.25, -0.2) is 0 Å². The molecule has 0 spiro atoms. The highest BCUT2D eigenvalue weighted by Gasteiger charge is 1.99. The van der Waals surface area contributed by atoms with Crippen molar-refractivity contribution in [3.63, 3.8) is 0 Å². The first kappa shape index (κ1) is 7.53. The summed E-state index contributed by atoms with van der Waals surface area (Å²) in [5.74, 6) is 0. The molecule has 0 radical (unpaired) electrons. The lowest BCUT2D eigenvalue weighted by Crippen LogP contribution is -1.90. The van der Waals surface area contributed by atoms with E-state index >= 15 is 0 Å². The molecule has 0 aromatic heterocycles. The fraction of sp³-hybridized carbons (Fsp3) is 0.143. The van der Waals surface area contributed by atoms with Gasteiger partial charge in [0, 0.05) is 12.1 Å². The zero-order chi connectivity index (χ0) is 8.10. The number of rotatable bonds is 2. The van der Waals surface area contributed by atoms with Crippen LogP contribution < -0.4 is 0 Å². The van der Waals surface area contributed by atoms with Crippen molar-refractivity contribution in [3.05, 3.63) is 35.5 Å². The van der Waals surface area contributed by atoms with Crippen LogP contribution in [0.25, 0.3) is 0 Å². The molecule has 0 N–H and O–H groups in total. The van der Waals surface area contributed by atoms with Crippen molar-refractivity contribution < 1.29 is 9.70 Å². The first-order valence-corrected chi connectivity index (χ1v) is 3.11. The lowest BCUT2D eigenvalue weighted by molar-refractivity contribution is -0.476. The predicted molar refractivity (Wildman–Crippen MR) is 39.2 cm³/mol. The van der Waals surface area contributed by atoms with Crippen molar-refractivity contribution in [3.8, 4) is 0 Å². The Morgan fingerprint density at radius 1 is 1.36 bits per heavy atom. The highest BCUT2D eigenvalue weighted by atomic mass is 16.7. The van der Waals surface area contributed by atoms with E-state index in [0.717, 1.165) is 0 Å². The first-order chi connectivity index (χ1) is 5.34. The second kappa shape index (κ2) is 3.55. The average molecular weight is 152 g/mol. The number of benzene rings is 1. The van der Waals surface area contributed by atoms with Crippen molar-refractivity contribution in [2.45, 2.75) is 0 Å². The Kier molecular flexibility index (Phi) is 2.43. The van der Waals surface area contributed by atoms with Crippen molar-refractivity contribution >= 4 is 5.69 Å². The average Bonchev–Trinajstić information content (AvgIpc) is 2.07. The Morgan fingerprint density at radius 2 is 2.00 bits per heavy atom. The van der Waals surface area contributed by atoms with Gasteiger partial charge in [0.15, 0.2) is 0 Å². The van der Waals surface area contributed by atoms with Crippen molar-refractivity contribution in [1.82, 2.24) is 0 Å². The number of nitrogens with zero attached hydrogens (tertiary/aromatic N) is 2. The van der Waals surface area contributed by atoms with E-state index in [0.29, 0.717) is 10.5 Å². The number of para-hydroxylation sites is 1. The minimum atomic E-state index is 0.417. The summed E-state index contributed by atoms with van der Waals surface area (Å²) < 4.78 is 0. The monoisotopic (exact) mass is 152 g/mol. The first-order valence-electron chi connectivity index (χ1n) is 3.11. The molecule has 1 aromatic carbocycles. The summed E-state index contributed by atoms with van der Waals surface area (Å²) in [6, 6.07) is 8.63. The smallest absolute Gasteiger partial charge is 0.248 e. The van der Waals surface area contributed by atoms with Gasteiger partial charge in [-0.1, -0.05) is 18.2 Å². The zero-order valence-electron chi connectivity index (χ0n) is 6.10. The molecular weight excluding hydrogens is 144 g/mol. The van der Waals surface area contributed by atoms with Crippen LogP contribution in [0.2, 0.25) is 0 Å². The van der Waals surface area contributed by atoms with E-state index in [4.69, 9.17) is 0 Å². The van der Waals surface area contributed by atoms with Crippen LogP contribution in [0, 0.1) is 5.21 Å². The third-order valence-corrected chi connectivity index (χ3v) is 1.13. The number of hydrogen-bond donors (Lipinski definition) is 0. The third-order valence-electron chi connectivity index (χ3n) is 1.13. The van der Waals surface area contributed by atoms with E-state index in [2.05, 4.69) is 10.1 Å². The van der Waals surface area contributed by atoms with E-state index in [9.17, 15) is 5.21 Å². The highest BCUT2D eigenvalue weighted by Crippen LogP contribution is 2.08. The third kappa shape index (κ3) is 1.93. The molecule has 0 saturated heterocycles. The number of hydrogen-bond acceptors (Lipinski definition) is 3. The molecule has 0 aliphatic carbocycles. The molecule has 0 amide bonds. The summed E-state index contributed by atoms with van der Waals surface area (Å²) in [5.41, 5.74) is 0.453. The zero-order valence-corrected chi connectivity index (χ0v) is 6.10. The molecule has 58 valence electrons. The Hall–Kier alpha value is -1.58. The van der Waals surface area contributed by atoms with Gasteiger partial charge in [-0.05, 0) is 4.86 Å². The van der Waals surface area contributed by atoms with Crippen LogP contribution >= 0.6 is 0 Å². The lowest BCUT2D eigenvalue weighted by atomic mass is 10.3. The van der Waals surface area contributed by atoms with E-state index in [1.54, 1.807) is 24.3 Å². The molecule has 0 atom stereocenters. The Balaban J connectivity index is 2.85. The van der Waals surface area contributed by atoms with Gasteiger partial charge in [0.2, 0.25) is 11.0 Å². The fourth-order valence-electron chi connectivity index (χ4n) is 0.677. The van der Waals surface area contributed by atoms with Gasteiger partial charge >= 0.3 is 0 Å². The highest BCUT2D eigenvalue weighted by molar-refractivity contribution is 5.27. The molecule has 0 saturated carbocycles. The largest absolute Gasteiger partial charge is 0.592 e. The lowest BCUT2D eigenvalue weighted by Gasteiger charge is -1.95. The second-order valence-corrected chi connectivity index (χ2v) is 1.87. The van der Waals surface area contributed by atoms with E-state index in [1.807, 2.05) is 6.07 Å². The van der Waals surface area contributed by atoms with Gasteiger partial charge in [0.05, 0.1) is 0 Å².